The van der Waals surface area contributed by atoms with Crippen molar-refractivity contribution in [3.63, 3.8) is 0 Å². The number of imidazole rings is 1. The third-order valence-electron chi connectivity index (χ3n) is 5.29. The second kappa shape index (κ2) is 6.21. The summed E-state index contributed by atoms with van der Waals surface area (Å²) in [5.74, 6) is 2.50. The van der Waals surface area contributed by atoms with Crippen LogP contribution in [0.5, 0.6) is 5.75 Å². The Balaban J connectivity index is 1.28. The Morgan fingerprint density at radius 3 is 3.08 bits per heavy atom. The lowest BCUT2D eigenvalue weighted by Crippen LogP contribution is -2.27. The number of nitrogens with zero attached hydrogens (tertiary/aromatic N) is 5. The Labute approximate surface area is 150 Å². The average Bonchev–Trinajstić information content (AvgIpc) is 3.36. The molecule has 8 nitrogen and oxygen atoms in total. The minimum Gasteiger partial charge on any atom is -0.492 e. The molecule has 0 unspecified atom stereocenters. The lowest BCUT2D eigenvalue weighted by atomic mass is 9.94. The van der Waals surface area contributed by atoms with Gasteiger partial charge in [-0.05, 0) is 19.1 Å². The van der Waals surface area contributed by atoms with Gasteiger partial charge in [-0.2, -0.15) is 0 Å². The van der Waals surface area contributed by atoms with Gasteiger partial charge in [-0.25, -0.2) is 15.0 Å². The summed E-state index contributed by atoms with van der Waals surface area (Å²) in [6.45, 7) is 5.08. The van der Waals surface area contributed by atoms with Gasteiger partial charge >= 0.3 is 0 Å². The maximum absolute atomic E-state index is 6.04. The van der Waals surface area contributed by atoms with Crippen LogP contribution in [-0.2, 0) is 4.74 Å². The number of aryl methyl sites for hydroxylation is 1. The molecule has 0 aromatic carbocycles. The molecule has 8 heteroatoms. The normalized spacial score (nSPS) is 25.0. The van der Waals surface area contributed by atoms with Crippen LogP contribution < -0.4 is 9.64 Å². The molecule has 0 radical (unpaired) electrons. The lowest BCUT2D eigenvalue weighted by Gasteiger charge is -2.21. The van der Waals surface area contributed by atoms with Gasteiger partial charge in [0.2, 0.25) is 0 Å². The molecule has 0 bridgehead atoms. The SMILES string of the molecule is Cc1ccc(OC[C@@H]2CO[C@H]3CN(c4ncnc5nc[nH]c45)C[C@@H]23)cn1. The molecule has 134 valence electrons. The molecular weight excluding hydrogens is 332 g/mol. The predicted octanol–water partition coefficient (Wildman–Crippen LogP) is 1.59. The van der Waals surface area contributed by atoms with Crippen molar-refractivity contribution in [2.45, 2.75) is 13.0 Å². The van der Waals surface area contributed by atoms with Crippen LogP contribution in [0.2, 0.25) is 0 Å². The molecule has 0 spiro atoms. The second-order valence-corrected chi connectivity index (χ2v) is 6.95. The number of fused-ring (bicyclic) bond motifs is 2. The zero-order valence-electron chi connectivity index (χ0n) is 14.5. The molecule has 26 heavy (non-hydrogen) atoms. The molecule has 3 aromatic heterocycles. The van der Waals surface area contributed by atoms with E-state index in [0.717, 1.165) is 42.5 Å². The molecular formula is C18H20N6O2. The van der Waals surface area contributed by atoms with Crippen molar-refractivity contribution in [2.24, 2.45) is 11.8 Å². The van der Waals surface area contributed by atoms with Crippen LogP contribution in [0, 0.1) is 18.8 Å². The Hall–Kier alpha value is -2.74. The number of hydrogen-bond donors (Lipinski definition) is 1. The van der Waals surface area contributed by atoms with Crippen LogP contribution in [0.3, 0.4) is 0 Å². The molecule has 5 rings (SSSR count). The highest BCUT2D eigenvalue weighted by molar-refractivity contribution is 5.82. The maximum Gasteiger partial charge on any atom is 0.182 e. The molecule has 0 amide bonds. The molecule has 2 saturated heterocycles. The highest BCUT2D eigenvalue weighted by Gasteiger charge is 2.45. The van der Waals surface area contributed by atoms with Gasteiger partial charge < -0.3 is 19.4 Å². The van der Waals surface area contributed by atoms with Crippen molar-refractivity contribution in [3.8, 4) is 5.75 Å². The first kappa shape index (κ1) is 15.5. The fourth-order valence-electron chi connectivity index (χ4n) is 3.88. The van der Waals surface area contributed by atoms with E-state index in [1.807, 2.05) is 19.1 Å². The van der Waals surface area contributed by atoms with E-state index in [1.54, 1.807) is 18.9 Å². The summed E-state index contributed by atoms with van der Waals surface area (Å²) >= 11 is 0. The van der Waals surface area contributed by atoms with E-state index in [4.69, 9.17) is 9.47 Å². The zero-order chi connectivity index (χ0) is 17.5. The van der Waals surface area contributed by atoms with Crippen molar-refractivity contribution in [3.05, 3.63) is 36.7 Å². The number of hydrogen-bond acceptors (Lipinski definition) is 7. The Morgan fingerprint density at radius 2 is 2.19 bits per heavy atom. The number of rotatable bonds is 4. The minimum absolute atomic E-state index is 0.215. The Bertz CT molecular complexity index is 911. The quantitative estimate of drug-likeness (QED) is 0.762. The highest BCUT2D eigenvalue weighted by Crippen LogP contribution is 2.36. The van der Waals surface area contributed by atoms with E-state index in [9.17, 15) is 0 Å². The standard InChI is InChI=1S/C18H20N6O2/c1-11-2-3-13(4-19-11)25-7-12-8-26-15-6-24(5-14(12)15)18-16-17(21-9-20-16)22-10-23-18/h2-4,9-10,12,14-15H,5-8H2,1H3,(H,20,21,22,23)/t12-,14+,15+/m1/s1. The molecule has 1 N–H and O–H groups in total. The third-order valence-corrected chi connectivity index (χ3v) is 5.29. The fourth-order valence-corrected chi connectivity index (χ4v) is 3.88. The molecule has 5 heterocycles. The summed E-state index contributed by atoms with van der Waals surface area (Å²) in [4.78, 5) is 22.6. The number of anilines is 1. The monoisotopic (exact) mass is 352 g/mol. The van der Waals surface area contributed by atoms with E-state index >= 15 is 0 Å². The van der Waals surface area contributed by atoms with E-state index < -0.39 is 0 Å². The Kier molecular flexibility index (Phi) is 3.70. The predicted molar refractivity (Wildman–Crippen MR) is 95.1 cm³/mol. The first-order chi connectivity index (χ1) is 12.8. The van der Waals surface area contributed by atoms with Crippen LogP contribution in [0.15, 0.2) is 31.0 Å². The van der Waals surface area contributed by atoms with Gasteiger partial charge in [0.1, 0.15) is 17.6 Å². The molecule has 0 saturated carbocycles. The van der Waals surface area contributed by atoms with E-state index in [2.05, 4.69) is 29.8 Å². The number of pyridine rings is 1. The van der Waals surface area contributed by atoms with Gasteiger partial charge in [0.15, 0.2) is 11.5 Å². The van der Waals surface area contributed by atoms with E-state index in [0.29, 0.717) is 24.1 Å². The van der Waals surface area contributed by atoms with Gasteiger partial charge in [0.25, 0.3) is 0 Å². The van der Waals surface area contributed by atoms with Crippen molar-refractivity contribution >= 4 is 17.0 Å². The van der Waals surface area contributed by atoms with Crippen LogP contribution >= 0.6 is 0 Å². The van der Waals surface area contributed by atoms with Crippen LogP contribution in [-0.4, -0.2) is 57.3 Å². The maximum atomic E-state index is 6.04. The number of ether oxygens (including phenoxy) is 2. The molecule has 2 aliphatic heterocycles. The first-order valence-corrected chi connectivity index (χ1v) is 8.84. The first-order valence-electron chi connectivity index (χ1n) is 8.84. The summed E-state index contributed by atoms with van der Waals surface area (Å²) in [7, 11) is 0. The number of aromatic nitrogens is 5. The molecule has 2 aliphatic rings. The van der Waals surface area contributed by atoms with Gasteiger partial charge in [0.05, 0.1) is 31.8 Å². The van der Waals surface area contributed by atoms with Crippen molar-refractivity contribution in [1.82, 2.24) is 24.9 Å². The van der Waals surface area contributed by atoms with E-state index in [-0.39, 0.29) is 6.10 Å². The summed E-state index contributed by atoms with van der Waals surface area (Å²) in [5.41, 5.74) is 2.56. The average molecular weight is 352 g/mol. The fraction of sp³-hybridized carbons (Fsp3) is 0.444. The topological polar surface area (TPSA) is 89.0 Å². The van der Waals surface area contributed by atoms with E-state index in [1.165, 1.54) is 0 Å². The number of nitrogens with one attached hydrogen (secondary N) is 1. The molecule has 2 fully saturated rings. The van der Waals surface area contributed by atoms with Crippen LogP contribution in [0.1, 0.15) is 5.69 Å². The van der Waals surface area contributed by atoms with Gasteiger partial charge in [-0.3, -0.25) is 4.98 Å². The number of aromatic amines is 1. The second-order valence-electron chi connectivity index (χ2n) is 6.95. The van der Waals surface area contributed by atoms with Crippen molar-refractivity contribution in [1.29, 1.82) is 0 Å². The third kappa shape index (κ3) is 2.66. The summed E-state index contributed by atoms with van der Waals surface area (Å²) in [6, 6.07) is 3.93. The zero-order valence-corrected chi connectivity index (χ0v) is 14.5. The molecule has 3 atom stereocenters. The van der Waals surface area contributed by atoms with Crippen LogP contribution in [0.4, 0.5) is 5.82 Å². The largest absolute Gasteiger partial charge is 0.492 e. The van der Waals surface area contributed by atoms with Gasteiger partial charge in [-0.1, -0.05) is 0 Å². The van der Waals surface area contributed by atoms with Crippen molar-refractivity contribution in [2.75, 3.05) is 31.2 Å². The number of H-pyrrole nitrogens is 1. The summed E-state index contributed by atoms with van der Waals surface area (Å²) in [6.07, 6.45) is 5.22. The van der Waals surface area contributed by atoms with Gasteiger partial charge in [-0.15, -0.1) is 0 Å². The van der Waals surface area contributed by atoms with Crippen molar-refractivity contribution < 1.29 is 9.47 Å². The van der Waals surface area contributed by atoms with Crippen LogP contribution in [0.25, 0.3) is 11.2 Å². The molecule has 3 aromatic rings. The summed E-state index contributed by atoms with van der Waals surface area (Å²) in [5, 5.41) is 0. The van der Waals surface area contributed by atoms with Gasteiger partial charge in [0, 0.05) is 30.6 Å². The molecule has 0 aliphatic carbocycles. The summed E-state index contributed by atoms with van der Waals surface area (Å²) < 4.78 is 12.0. The lowest BCUT2D eigenvalue weighted by molar-refractivity contribution is 0.108. The minimum atomic E-state index is 0.215. The smallest absolute Gasteiger partial charge is 0.182 e. The highest BCUT2D eigenvalue weighted by atomic mass is 16.5. The Morgan fingerprint density at radius 1 is 1.23 bits per heavy atom.